The van der Waals surface area contributed by atoms with E-state index in [0.717, 1.165) is 36.6 Å². The number of ether oxygens (including phenoxy) is 3. The van der Waals surface area contributed by atoms with Gasteiger partial charge in [0.25, 0.3) is 5.91 Å². The summed E-state index contributed by atoms with van der Waals surface area (Å²) in [7, 11) is 4.51. The summed E-state index contributed by atoms with van der Waals surface area (Å²) in [4.78, 5) is 20.3. The number of pyridine rings is 1. The van der Waals surface area contributed by atoms with E-state index in [0.29, 0.717) is 29.2 Å². The number of rotatable bonds is 11. The van der Waals surface area contributed by atoms with Crippen LogP contribution in [0.5, 0.6) is 17.2 Å². The van der Waals surface area contributed by atoms with Crippen LogP contribution in [0.1, 0.15) is 41.3 Å². The lowest BCUT2D eigenvalue weighted by Crippen LogP contribution is -2.52. The normalized spacial score (nSPS) is 15.9. The Labute approximate surface area is 233 Å². The van der Waals surface area contributed by atoms with Crippen LogP contribution in [0.15, 0.2) is 60.4 Å². The zero-order chi connectivity index (χ0) is 28.6. The molecule has 40 heavy (non-hydrogen) atoms. The Hall–Kier alpha value is -3.98. The Morgan fingerprint density at radius 1 is 1.07 bits per heavy atom. The largest absolute Gasteiger partial charge is 0.493 e. The van der Waals surface area contributed by atoms with E-state index < -0.39 is 11.6 Å². The first-order chi connectivity index (χ1) is 19.3. The predicted octanol–water partition coefficient (Wildman–Crippen LogP) is 5.29. The summed E-state index contributed by atoms with van der Waals surface area (Å²) in [6.45, 7) is 2.92. The highest BCUT2D eigenvalue weighted by Gasteiger charge is 2.34. The molecule has 1 amide bonds. The number of benzene rings is 2. The van der Waals surface area contributed by atoms with Crippen LogP contribution in [0.2, 0.25) is 0 Å². The van der Waals surface area contributed by atoms with Gasteiger partial charge in [0.15, 0.2) is 11.5 Å². The summed E-state index contributed by atoms with van der Waals surface area (Å²) in [6.07, 6.45) is 7.62. The standard InChI is InChI=1S/C31H35F2N3O4/c1-20(14-22-7-8-24(32)18-25(22)33)19-36(27(26-6-5-11-35-26)15-21-9-12-34-13-10-21)31(37)23-16-28(38-2)30(40-4)29(17-23)39-3/h7-10,12-14,16-18,26-27,35H,5-6,11,15,19H2,1-4H3/t26?,27-/m1/s1. The molecule has 2 atom stereocenters. The number of halogens is 2. The van der Waals surface area contributed by atoms with Gasteiger partial charge in [0.1, 0.15) is 11.6 Å². The molecule has 0 aliphatic carbocycles. The molecule has 1 aromatic heterocycles. The fourth-order valence-electron chi connectivity index (χ4n) is 5.18. The number of aromatic nitrogens is 1. The lowest BCUT2D eigenvalue weighted by Gasteiger charge is -2.36. The van der Waals surface area contributed by atoms with E-state index in [2.05, 4.69) is 10.3 Å². The second kappa shape index (κ2) is 13.4. The topological polar surface area (TPSA) is 72.9 Å². The van der Waals surface area contributed by atoms with Crippen molar-refractivity contribution < 1.29 is 27.8 Å². The number of methoxy groups -OCH3 is 3. The minimum Gasteiger partial charge on any atom is -0.493 e. The second-order valence-corrected chi connectivity index (χ2v) is 9.83. The first-order valence-electron chi connectivity index (χ1n) is 13.2. The molecule has 2 aromatic carbocycles. The predicted molar refractivity (Wildman–Crippen MR) is 150 cm³/mol. The van der Waals surface area contributed by atoms with Gasteiger partial charge < -0.3 is 24.4 Å². The van der Waals surface area contributed by atoms with Crippen molar-refractivity contribution in [2.45, 2.75) is 38.3 Å². The minimum absolute atomic E-state index is 0.0505. The van der Waals surface area contributed by atoms with Crippen molar-refractivity contribution >= 4 is 12.0 Å². The smallest absolute Gasteiger partial charge is 0.254 e. The third-order valence-electron chi connectivity index (χ3n) is 7.11. The van der Waals surface area contributed by atoms with E-state index in [9.17, 15) is 13.6 Å². The number of carbonyl (C=O) groups excluding carboxylic acids is 1. The number of hydrogen-bond donors (Lipinski definition) is 1. The fraction of sp³-hybridized carbons (Fsp3) is 0.355. The van der Waals surface area contributed by atoms with E-state index in [1.807, 2.05) is 24.0 Å². The van der Waals surface area contributed by atoms with Crippen LogP contribution in [0.3, 0.4) is 0 Å². The van der Waals surface area contributed by atoms with Crippen molar-refractivity contribution in [1.82, 2.24) is 15.2 Å². The summed E-state index contributed by atoms with van der Waals surface area (Å²) in [5, 5.41) is 3.57. The molecule has 2 heterocycles. The lowest BCUT2D eigenvalue weighted by atomic mass is 9.95. The van der Waals surface area contributed by atoms with Gasteiger partial charge in [-0.25, -0.2) is 8.78 Å². The SMILES string of the molecule is COc1cc(C(=O)N(CC(C)=Cc2ccc(F)cc2F)[C@H](Cc2ccncc2)C2CCCN2)cc(OC)c1OC. The molecule has 0 spiro atoms. The van der Waals surface area contributed by atoms with Crippen molar-refractivity contribution in [1.29, 1.82) is 0 Å². The highest BCUT2D eigenvalue weighted by atomic mass is 19.1. The van der Waals surface area contributed by atoms with E-state index >= 15 is 0 Å². The van der Waals surface area contributed by atoms with Crippen LogP contribution in [-0.4, -0.2) is 62.3 Å². The molecule has 9 heteroatoms. The maximum atomic E-state index is 14.5. The van der Waals surface area contributed by atoms with Gasteiger partial charge in [-0.1, -0.05) is 11.6 Å². The van der Waals surface area contributed by atoms with Crippen molar-refractivity contribution in [3.8, 4) is 17.2 Å². The van der Waals surface area contributed by atoms with Gasteiger partial charge in [0.2, 0.25) is 5.75 Å². The first-order valence-corrected chi connectivity index (χ1v) is 13.2. The first kappa shape index (κ1) is 29.0. The van der Waals surface area contributed by atoms with Gasteiger partial charge in [-0.05, 0) is 74.7 Å². The lowest BCUT2D eigenvalue weighted by molar-refractivity contribution is 0.0661. The van der Waals surface area contributed by atoms with Gasteiger partial charge >= 0.3 is 0 Å². The maximum Gasteiger partial charge on any atom is 0.254 e. The Bertz CT molecular complexity index is 1320. The molecular formula is C31H35F2N3O4. The molecule has 1 N–H and O–H groups in total. The van der Waals surface area contributed by atoms with E-state index in [1.165, 1.54) is 33.5 Å². The molecule has 1 saturated heterocycles. The van der Waals surface area contributed by atoms with Crippen LogP contribution in [0.4, 0.5) is 8.78 Å². The number of hydrogen-bond acceptors (Lipinski definition) is 6. The van der Waals surface area contributed by atoms with Gasteiger partial charge in [0.05, 0.1) is 27.4 Å². The van der Waals surface area contributed by atoms with Gasteiger partial charge in [-0.15, -0.1) is 0 Å². The average molecular weight is 552 g/mol. The number of carbonyl (C=O) groups is 1. The Morgan fingerprint density at radius 3 is 2.35 bits per heavy atom. The van der Waals surface area contributed by atoms with Crippen LogP contribution in [0, 0.1) is 11.6 Å². The molecular weight excluding hydrogens is 516 g/mol. The van der Waals surface area contributed by atoms with Crippen LogP contribution >= 0.6 is 0 Å². The molecule has 0 bridgehead atoms. The minimum atomic E-state index is -0.660. The fourth-order valence-corrected chi connectivity index (χ4v) is 5.18. The summed E-state index contributed by atoms with van der Waals surface area (Å²) in [6, 6.07) is 10.5. The molecule has 212 valence electrons. The van der Waals surface area contributed by atoms with Gasteiger partial charge in [-0.2, -0.15) is 0 Å². The average Bonchev–Trinajstić information content (AvgIpc) is 3.50. The molecule has 4 rings (SSSR count). The number of nitrogens with one attached hydrogen (secondary N) is 1. The van der Waals surface area contributed by atoms with Gasteiger partial charge in [0, 0.05) is 42.2 Å². The van der Waals surface area contributed by atoms with E-state index in [1.54, 1.807) is 30.6 Å². The summed E-state index contributed by atoms with van der Waals surface area (Å²) in [5.41, 5.74) is 2.41. The Kier molecular flexibility index (Phi) is 9.71. The zero-order valence-electron chi connectivity index (χ0n) is 23.2. The quantitative estimate of drug-likeness (QED) is 0.349. The van der Waals surface area contributed by atoms with Crippen molar-refractivity contribution in [3.63, 3.8) is 0 Å². The van der Waals surface area contributed by atoms with Crippen LogP contribution in [-0.2, 0) is 6.42 Å². The number of nitrogens with zero attached hydrogens (tertiary/aromatic N) is 2. The van der Waals surface area contributed by atoms with Crippen LogP contribution in [0.25, 0.3) is 6.08 Å². The van der Waals surface area contributed by atoms with Crippen molar-refractivity contribution in [2.75, 3.05) is 34.4 Å². The molecule has 0 saturated carbocycles. The molecule has 0 radical (unpaired) electrons. The van der Waals surface area contributed by atoms with E-state index in [4.69, 9.17) is 14.2 Å². The monoisotopic (exact) mass is 551 g/mol. The molecule has 1 aliphatic rings. The summed E-state index contributed by atoms with van der Waals surface area (Å²) < 4.78 is 44.4. The summed E-state index contributed by atoms with van der Waals surface area (Å²) >= 11 is 0. The molecule has 1 fully saturated rings. The van der Waals surface area contributed by atoms with E-state index in [-0.39, 0.29) is 30.1 Å². The third-order valence-corrected chi connectivity index (χ3v) is 7.11. The number of amides is 1. The third kappa shape index (κ3) is 6.77. The maximum absolute atomic E-state index is 14.5. The van der Waals surface area contributed by atoms with Crippen molar-refractivity contribution in [2.24, 2.45) is 0 Å². The highest BCUT2D eigenvalue weighted by Crippen LogP contribution is 2.39. The molecule has 1 aliphatic heterocycles. The van der Waals surface area contributed by atoms with Crippen molar-refractivity contribution in [3.05, 3.63) is 88.8 Å². The second-order valence-electron chi connectivity index (χ2n) is 9.83. The molecule has 1 unspecified atom stereocenters. The summed E-state index contributed by atoms with van der Waals surface area (Å²) in [5.74, 6) is -0.407. The van der Waals surface area contributed by atoms with Gasteiger partial charge in [-0.3, -0.25) is 9.78 Å². The molecule has 7 nitrogen and oxygen atoms in total. The van der Waals surface area contributed by atoms with Crippen LogP contribution < -0.4 is 19.5 Å². The molecule has 3 aromatic rings. The highest BCUT2D eigenvalue weighted by molar-refractivity contribution is 5.96. The Morgan fingerprint density at radius 2 is 1.77 bits per heavy atom. The Balaban J connectivity index is 1.78. The zero-order valence-corrected chi connectivity index (χ0v) is 23.2.